The van der Waals surface area contributed by atoms with Gasteiger partial charge in [0.05, 0.1) is 5.56 Å². The maximum absolute atomic E-state index is 12.5. The first-order valence-electron chi connectivity index (χ1n) is 6.63. The molecular formula is C13H17ClN2O2. The standard InChI is InChI=1S/C13H17ClN2O2/c1-7-6-9(7)16-12(17)10(8-4-2-3-5-8)11(14)15-13(16)18/h7-9H,2-6H2,1H3,(H,15,18). The molecule has 2 atom stereocenters. The lowest BCUT2D eigenvalue weighted by Gasteiger charge is -2.13. The number of halogens is 1. The Balaban J connectivity index is 2.13. The van der Waals surface area contributed by atoms with Gasteiger partial charge in [0.15, 0.2) is 0 Å². The van der Waals surface area contributed by atoms with Crippen molar-refractivity contribution in [3.63, 3.8) is 0 Å². The van der Waals surface area contributed by atoms with Crippen molar-refractivity contribution in [2.75, 3.05) is 0 Å². The summed E-state index contributed by atoms with van der Waals surface area (Å²) >= 11 is 6.08. The van der Waals surface area contributed by atoms with Crippen LogP contribution >= 0.6 is 11.6 Å². The Hall–Kier alpha value is -1.03. The number of rotatable bonds is 2. The molecule has 3 rings (SSSR count). The topological polar surface area (TPSA) is 54.9 Å². The van der Waals surface area contributed by atoms with Crippen LogP contribution in [0.15, 0.2) is 9.59 Å². The highest BCUT2D eigenvalue weighted by atomic mass is 35.5. The van der Waals surface area contributed by atoms with Crippen molar-refractivity contribution in [2.45, 2.75) is 51.0 Å². The van der Waals surface area contributed by atoms with Gasteiger partial charge in [-0.2, -0.15) is 0 Å². The Morgan fingerprint density at radius 3 is 2.44 bits per heavy atom. The second-order valence-electron chi connectivity index (χ2n) is 5.59. The third kappa shape index (κ3) is 1.83. The molecule has 4 nitrogen and oxygen atoms in total. The zero-order valence-electron chi connectivity index (χ0n) is 10.4. The van der Waals surface area contributed by atoms with Gasteiger partial charge in [0.1, 0.15) is 5.15 Å². The van der Waals surface area contributed by atoms with Crippen molar-refractivity contribution in [1.82, 2.24) is 9.55 Å². The first-order chi connectivity index (χ1) is 8.59. The third-order valence-corrected chi connectivity index (χ3v) is 4.58. The van der Waals surface area contributed by atoms with Crippen molar-refractivity contribution in [3.05, 3.63) is 31.6 Å². The van der Waals surface area contributed by atoms with Crippen LogP contribution in [0.5, 0.6) is 0 Å². The van der Waals surface area contributed by atoms with E-state index < -0.39 is 0 Å². The fraction of sp³-hybridized carbons (Fsp3) is 0.692. The van der Waals surface area contributed by atoms with Crippen LogP contribution in [-0.4, -0.2) is 9.55 Å². The predicted octanol–water partition coefficient (Wildman–Crippen LogP) is 2.43. The Labute approximate surface area is 110 Å². The zero-order chi connectivity index (χ0) is 12.9. The summed E-state index contributed by atoms with van der Waals surface area (Å²) in [5.74, 6) is 0.642. The SMILES string of the molecule is CC1CC1n1c(=O)[nH]c(Cl)c(C2CCCC2)c1=O. The van der Waals surface area contributed by atoms with Crippen LogP contribution in [0.4, 0.5) is 0 Å². The molecule has 0 saturated heterocycles. The van der Waals surface area contributed by atoms with Crippen molar-refractivity contribution in [1.29, 1.82) is 0 Å². The maximum atomic E-state index is 12.5. The molecule has 0 aliphatic heterocycles. The highest BCUT2D eigenvalue weighted by Gasteiger charge is 2.38. The van der Waals surface area contributed by atoms with E-state index in [9.17, 15) is 9.59 Å². The van der Waals surface area contributed by atoms with Gasteiger partial charge in [-0.25, -0.2) is 4.79 Å². The van der Waals surface area contributed by atoms with Crippen molar-refractivity contribution < 1.29 is 0 Å². The molecule has 5 heteroatoms. The lowest BCUT2D eigenvalue weighted by molar-refractivity contribution is 0.591. The maximum Gasteiger partial charge on any atom is 0.329 e. The quantitative estimate of drug-likeness (QED) is 0.838. The molecule has 2 aliphatic carbocycles. The summed E-state index contributed by atoms with van der Waals surface area (Å²) < 4.78 is 1.38. The minimum absolute atomic E-state index is 0.0682. The molecule has 2 saturated carbocycles. The van der Waals surface area contributed by atoms with Gasteiger partial charge in [-0.05, 0) is 31.1 Å². The van der Waals surface area contributed by atoms with Gasteiger partial charge in [0, 0.05) is 6.04 Å². The molecule has 0 amide bonds. The number of nitrogens with one attached hydrogen (secondary N) is 1. The minimum Gasteiger partial charge on any atom is -0.297 e. The van der Waals surface area contributed by atoms with Crippen molar-refractivity contribution in [2.24, 2.45) is 5.92 Å². The second-order valence-corrected chi connectivity index (χ2v) is 5.97. The molecule has 1 N–H and O–H groups in total. The second kappa shape index (κ2) is 4.26. The summed E-state index contributed by atoms with van der Waals surface area (Å²) in [6, 6.07) is 0.0682. The Morgan fingerprint density at radius 1 is 1.28 bits per heavy atom. The van der Waals surface area contributed by atoms with Crippen LogP contribution in [0.1, 0.15) is 56.6 Å². The summed E-state index contributed by atoms with van der Waals surface area (Å²) in [6.07, 6.45) is 5.19. The smallest absolute Gasteiger partial charge is 0.297 e. The van der Waals surface area contributed by atoms with Crippen LogP contribution in [0.3, 0.4) is 0 Å². The number of aromatic amines is 1. The Kier molecular flexibility index (Phi) is 2.85. The number of nitrogens with zero attached hydrogens (tertiary/aromatic N) is 1. The van der Waals surface area contributed by atoms with E-state index in [4.69, 9.17) is 11.6 Å². The molecule has 1 aromatic heterocycles. The molecule has 2 unspecified atom stereocenters. The fourth-order valence-corrected chi connectivity index (χ4v) is 3.39. The average molecular weight is 269 g/mol. The van der Waals surface area contributed by atoms with Gasteiger partial charge in [-0.15, -0.1) is 0 Å². The minimum atomic E-state index is -0.360. The van der Waals surface area contributed by atoms with Gasteiger partial charge in [0.25, 0.3) is 5.56 Å². The van der Waals surface area contributed by atoms with Crippen LogP contribution in [0, 0.1) is 5.92 Å². The number of H-pyrrole nitrogens is 1. The molecular weight excluding hydrogens is 252 g/mol. The van der Waals surface area contributed by atoms with Gasteiger partial charge in [-0.1, -0.05) is 31.4 Å². The van der Waals surface area contributed by atoms with Gasteiger partial charge in [-0.3, -0.25) is 14.3 Å². The van der Waals surface area contributed by atoms with E-state index in [1.165, 1.54) is 4.57 Å². The van der Waals surface area contributed by atoms with Crippen molar-refractivity contribution >= 4 is 11.6 Å². The molecule has 2 aliphatic rings. The molecule has 18 heavy (non-hydrogen) atoms. The molecule has 0 aromatic carbocycles. The van der Waals surface area contributed by atoms with Crippen LogP contribution < -0.4 is 11.2 Å². The summed E-state index contributed by atoms with van der Waals surface area (Å²) in [5, 5.41) is 0.251. The normalized spacial score (nSPS) is 27.7. The van der Waals surface area contributed by atoms with E-state index in [1.807, 2.05) is 0 Å². The Morgan fingerprint density at radius 2 is 1.89 bits per heavy atom. The lowest BCUT2D eigenvalue weighted by atomic mass is 10.0. The zero-order valence-corrected chi connectivity index (χ0v) is 11.2. The third-order valence-electron chi connectivity index (χ3n) is 4.28. The number of aromatic nitrogens is 2. The Bertz CT molecular complexity index is 584. The summed E-state index contributed by atoms with van der Waals surface area (Å²) in [4.78, 5) is 27.0. The van der Waals surface area contributed by atoms with E-state index in [2.05, 4.69) is 11.9 Å². The number of hydrogen-bond donors (Lipinski definition) is 1. The number of hydrogen-bond acceptors (Lipinski definition) is 2. The molecule has 1 aromatic rings. The molecule has 2 fully saturated rings. The average Bonchev–Trinajstić information content (AvgIpc) is 2.78. The summed E-state index contributed by atoms with van der Waals surface area (Å²) in [5.41, 5.74) is 0.110. The molecule has 0 spiro atoms. The predicted molar refractivity (Wildman–Crippen MR) is 70.4 cm³/mol. The van der Waals surface area contributed by atoms with Crippen LogP contribution in [0.2, 0.25) is 5.15 Å². The highest BCUT2D eigenvalue weighted by molar-refractivity contribution is 6.30. The summed E-state index contributed by atoms with van der Waals surface area (Å²) in [6.45, 7) is 2.06. The largest absolute Gasteiger partial charge is 0.329 e. The van der Waals surface area contributed by atoms with Gasteiger partial charge in [0.2, 0.25) is 0 Å². The van der Waals surface area contributed by atoms with E-state index >= 15 is 0 Å². The first-order valence-corrected chi connectivity index (χ1v) is 7.01. The van der Waals surface area contributed by atoms with Crippen molar-refractivity contribution in [3.8, 4) is 0 Å². The van der Waals surface area contributed by atoms with Crippen LogP contribution in [-0.2, 0) is 0 Å². The van der Waals surface area contributed by atoms with E-state index in [1.54, 1.807) is 0 Å². The summed E-state index contributed by atoms with van der Waals surface area (Å²) in [7, 11) is 0. The first kappa shape index (κ1) is 12.0. The fourth-order valence-electron chi connectivity index (χ4n) is 3.07. The van der Waals surface area contributed by atoms with E-state index in [0.717, 1.165) is 32.1 Å². The molecule has 1 heterocycles. The lowest BCUT2D eigenvalue weighted by Crippen LogP contribution is -2.37. The molecule has 0 radical (unpaired) electrons. The molecule has 0 bridgehead atoms. The van der Waals surface area contributed by atoms with Crippen LogP contribution in [0.25, 0.3) is 0 Å². The monoisotopic (exact) mass is 268 g/mol. The van der Waals surface area contributed by atoms with E-state index in [0.29, 0.717) is 11.5 Å². The van der Waals surface area contributed by atoms with E-state index in [-0.39, 0.29) is 28.4 Å². The van der Waals surface area contributed by atoms with Gasteiger partial charge < -0.3 is 0 Å². The molecule has 98 valence electrons. The highest BCUT2D eigenvalue weighted by Crippen LogP contribution is 2.41. The van der Waals surface area contributed by atoms with Gasteiger partial charge >= 0.3 is 5.69 Å².